The van der Waals surface area contributed by atoms with Crippen molar-refractivity contribution in [1.29, 1.82) is 0 Å². The average molecular weight is 284 g/mol. The van der Waals surface area contributed by atoms with Crippen LogP contribution in [0, 0.1) is 5.41 Å². The molecule has 0 bridgehead atoms. The highest BCUT2D eigenvalue weighted by Gasteiger charge is 2.28. The number of carbonyl (C=O) groups excluding carboxylic acids is 2. The van der Waals surface area contributed by atoms with E-state index in [4.69, 9.17) is 5.73 Å². The van der Waals surface area contributed by atoms with Crippen molar-refractivity contribution in [3.8, 4) is 0 Å². The molecule has 1 aliphatic heterocycles. The summed E-state index contributed by atoms with van der Waals surface area (Å²) in [4.78, 5) is 27.4. The van der Waals surface area contributed by atoms with Crippen LogP contribution in [-0.4, -0.2) is 60.5 Å². The molecule has 6 nitrogen and oxygen atoms in total. The standard InChI is InChI=1S/C14H28N4O2/c1-5-16-13(20)18-8-6-17(7-9-18)12(19)10-11(15)14(2,3)4/h11H,5-10,15H2,1-4H3,(H,16,20). The van der Waals surface area contributed by atoms with E-state index < -0.39 is 0 Å². The Labute approximate surface area is 121 Å². The molecular weight excluding hydrogens is 256 g/mol. The third-order valence-electron chi connectivity index (χ3n) is 3.75. The number of hydrogen-bond acceptors (Lipinski definition) is 3. The zero-order chi connectivity index (χ0) is 15.3. The number of carbonyl (C=O) groups is 2. The molecule has 0 aliphatic carbocycles. The highest BCUT2D eigenvalue weighted by Crippen LogP contribution is 2.20. The number of nitrogens with two attached hydrogens (primary N) is 1. The number of rotatable bonds is 3. The number of amides is 3. The molecule has 116 valence electrons. The minimum atomic E-state index is -0.142. The molecule has 0 aromatic heterocycles. The molecule has 3 amide bonds. The summed E-state index contributed by atoms with van der Waals surface area (Å²) in [7, 11) is 0. The summed E-state index contributed by atoms with van der Waals surface area (Å²) < 4.78 is 0. The summed E-state index contributed by atoms with van der Waals surface area (Å²) in [6.45, 7) is 11.0. The maximum Gasteiger partial charge on any atom is 0.317 e. The normalized spacial score (nSPS) is 17.9. The van der Waals surface area contributed by atoms with Gasteiger partial charge >= 0.3 is 6.03 Å². The predicted octanol–water partition coefficient (Wildman–Crippen LogP) is 0.624. The first kappa shape index (κ1) is 16.8. The van der Waals surface area contributed by atoms with Gasteiger partial charge < -0.3 is 20.9 Å². The van der Waals surface area contributed by atoms with Gasteiger partial charge in [-0.25, -0.2) is 4.79 Å². The Morgan fingerprint density at radius 1 is 1.15 bits per heavy atom. The van der Waals surface area contributed by atoms with Crippen LogP contribution in [0.4, 0.5) is 4.79 Å². The first-order valence-corrected chi connectivity index (χ1v) is 7.31. The topological polar surface area (TPSA) is 78.7 Å². The zero-order valence-corrected chi connectivity index (χ0v) is 13.1. The first-order valence-electron chi connectivity index (χ1n) is 7.31. The summed E-state index contributed by atoms with van der Waals surface area (Å²) in [5, 5.41) is 2.77. The van der Waals surface area contributed by atoms with Crippen LogP contribution < -0.4 is 11.1 Å². The molecule has 1 unspecified atom stereocenters. The highest BCUT2D eigenvalue weighted by molar-refractivity contribution is 5.78. The van der Waals surface area contributed by atoms with Gasteiger partial charge in [-0.15, -0.1) is 0 Å². The van der Waals surface area contributed by atoms with Crippen molar-refractivity contribution < 1.29 is 9.59 Å². The Morgan fingerprint density at radius 3 is 2.10 bits per heavy atom. The molecule has 20 heavy (non-hydrogen) atoms. The fraction of sp³-hybridized carbons (Fsp3) is 0.857. The van der Waals surface area contributed by atoms with Crippen LogP contribution in [-0.2, 0) is 4.79 Å². The molecule has 1 atom stereocenters. The van der Waals surface area contributed by atoms with Crippen molar-refractivity contribution >= 4 is 11.9 Å². The maximum absolute atomic E-state index is 12.2. The van der Waals surface area contributed by atoms with Gasteiger partial charge in [0.25, 0.3) is 0 Å². The van der Waals surface area contributed by atoms with Gasteiger partial charge in [-0.2, -0.15) is 0 Å². The lowest BCUT2D eigenvalue weighted by Crippen LogP contribution is -2.54. The number of nitrogens with zero attached hydrogens (tertiary/aromatic N) is 2. The second-order valence-corrected chi connectivity index (χ2v) is 6.38. The third-order valence-corrected chi connectivity index (χ3v) is 3.75. The van der Waals surface area contributed by atoms with Crippen molar-refractivity contribution in [2.75, 3.05) is 32.7 Å². The lowest BCUT2D eigenvalue weighted by Gasteiger charge is -2.36. The molecule has 6 heteroatoms. The Bertz CT molecular complexity index is 344. The van der Waals surface area contributed by atoms with Crippen molar-refractivity contribution in [2.45, 2.75) is 40.2 Å². The summed E-state index contributed by atoms with van der Waals surface area (Å²) in [6, 6.07) is -0.192. The van der Waals surface area contributed by atoms with Gasteiger partial charge in [-0.3, -0.25) is 4.79 Å². The largest absolute Gasteiger partial charge is 0.339 e. The van der Waals surface area contributed by atoms with E-state index in [1.807, 2.05) is 27.7 Å². The monoisotopic (exact) mass is 284 g/mol. The molecule has 1 rings (SSSR count). The molecule has 0 saturated carbocycles. The second-order valence-electron chi connectivity index (χ2n) is 6.38. The molecule has 1 fully saturated rings. The van der Waals surface area contributed by atoms with Crippen LogP contribution in [0.1, 0.15) is 34.1 Å². The van der Waals surface area contributed by atoms with Gasteiger partial charge in [0.05, 0.1) is 0 Å². The molecule has 0 aromatic rings. The van der Waals surface area contributed by atoms with E-state index in [2.05, 4.69) is 5.32 Å². The van der Waals surface area contributed by atoms with E-state index in [0.717, 1.165) is 0 Å². The minimum Gasteiger partial charge on any atom is -0.339 e. The first-order chi connectivity index (χ1) is 9.25. The van der Waals surface area contributed by atoms with Gasteiger partial charge in [-0.05, 0) is 12.3 Å². The summed E-state index contributed by atoms with van der Waals surface area (Å²) in [5.74, 6) is 0.0861. The SMILES string of the molecule is CCNC(=O)N1CCN(C(=O)CC(N)C(C)(C)C)CC1. The summed E-state index contributed by atoms with van der Waals surface area (Å²) >= 11 is 0. The molecule has 1 aliphatic rings. The van der Waals surface area contributed by atoms with E-state index in [-0.39, 0.29) is 23.4 Å². The summed E-state index contributed by atoms with van der Waals surface area (Å²) in [5.41, 5.74) is 5.98. The zero-order valence-electron chi connectivity index (χ0n) is 13.1. The Kier molecular flexibility index (Phi) is 5.80. The van der Waals surface area contributed by atoms with Gasteiger partial charge in [0.2, 0.25) is 5.91 Å². The number of piperazine rings is 1. The van der Waals surface area contributed by atoms with E-state index in [9.17, 15) is 9.59 Å². The van der Waals surface area contributed by atoms with Crippen LogP contribution in [0.25, 0.3) is 0 Å². The van der Waals surface area contributed by atoms with Crippen molar-refractivity contribution in [1.82, 2.24) is 15.1 Å². The summed E-state index contributed by atoms with van der Waals surface area (Å²) in [6.07, 6.45) is 0.366. The van der Waals surface area contributed by atoms with Crippen LogP contribution in [0.2, 0.25) is 0 Å². The van der Waals surface area contributed by atoms with Crippen LogP contribution in [0.5, 0.6) is 0 Å². The fourth-order valence-corrected chi connectivity index (χ4v) is 2.05. The second kappa shape index (κ2) is 6.92. The Balaban J connectivity index is 2.41. The highest BCUT2D eigenvalue weighted by atomic mass is 16.2. The number of urea groups is 1. The molecule has 1 heterocycles. The smallest absolute Gasteiger partial charge is 0.317 e. The van der Waals surface area contributed by atoms with Crippen molar-refractivity contribution in [3.63, 3.8) is 0 Å². The van der Waals surface area contributed by atoms with Crippen LogP contribution in [0.15, 0.2) is 0 Å². The molecule has 0 aromatic carbocycles. The predicted molar refractivity (Wildman–Crippen MR) is 79.3 cm³/mol. The lowest BCUT2D eigenvalue weighted by atomic mass is 9.85. The third kappa shape index (κ3) is 4.67. The van der Waals surface area contributed by atoms with E-state index in [0.29, 0.717) is 39.1 Å². The quantitative estimate of drug-likeness (QED) is 0.797. The van der Waals surface area contributed by atoms with E-state index >= 15 is 0 Å². The molecule has 1 saturated heterocycles. The lowest BCUT2D eigenvalue weighted by molar-refractivity contribution is -0.133. The molecule has 0 radical (unpaired) electrons. The van der Waals surface area contributed by atoms with Gasteiger partial charge in [-0.1, -0.05) is 20.8 Å². The van der Waals surface area contributed by atoms with E-state index in [1.165, 1.54) is 0 Å². The van der Waals surface area contributed by atoms with Crippen LogP contribution in [0.3, 0.4) is 0 Å². The van der Waals surface area contributed by atoms with E-state index in [1.54, 1.807) is 9.80 Å². The number of hydrogen-bond donors (Lipinski definition) is 2. The maximum atomic E-state index is 12.2. The molecular formula is C14H28N4O2. The fourth-order valence-electron chi connectivity index (χ4n) is 2.05. The van der Waals surface area contributed by atoms with Gasteiger partial charge in [0, 0.05) is 45.2 Å². The minimum absolute atomic E-state index is 0.0500. The molecule has 0 spiro atoms. The molecule has 3 N–H and O–H groups in total. The van der Waals surface area contributed by atoms with Gasteiger partial charge in [0.1, 0.15) is 0 Å². The number of nitrogens with one attached hydrogen (secondary N) is 1. The van der Waals surface area contributed by atoms with Gasteiger partial charge in [0.15, 0.2) is 0 Å². The Morgan fingerprint density at radius 2 is 1.65 bits per heavy atom. The average Bonchev–Trinajstić information content (AvgIpc) is 2.38. The Hall–Kier alpha value is -1.30. The van der Waals surface area contributed by atoms with Crippen molar-refractivity contribution in [2.24, 2.45) is 11.1 Å². The van der Waals surface area contributed by atoms with Crippen LogP contribution >= 0.6 is 0 Å². The van der Waals surface area contributed by atoms with Crippen molar-refractivity contribution in [3.05, 3.63) is 0 Å².